The van der Waals surface area contributed by atoms with E-state index in [9.17, 15) is 8.42 Å². The summed E-state index contributed by atoms with van der Waals surface area (Å²) >= 11 is 5.89. The Hall–Kier alpha value is -0.820. The summed E-state index contributed by atoms with van der Waals surface area (Å²) in [5.74, 6) is 0.472. The van der Waals surface area contributed by atoms with Crippen molar-refractivity contribution in [2.75, 3.05) is 25.5 Å². The van der Waals surface area contributed by atoms with Crippen LogP contribution in [0.1, 0.15) is 20.3 Å². The minimum atomic E-state index is -3.60. The second kappa shape index (κ2) is 7.83. The highest BCUT2D eigenvalue weighted by Crippen LogP contribution is 2.23. The van der Waals surface area contributed by atoms with Gasteiger partial charge in [-0.2, -0.15) is 0 Å². The summed E-state index contributed by atoms with van der Waals surface area (Å²) in [6.45, 7) is 5.63. The van der Waals surface area contributed by atoms with Crippen LogP contribution in [-0.4, -0.2) is 28.2 Å². The van der Waals surface area contributed by atoms with E-state index < -0.39 is 10.0 Å². The van der Waals surface area contributed by atoms with E-state index >= 15 is 0 Å². The minimum absolute atomic E-state index is 0.0384. The van der Waals surface area contributed by atoms with Crippen LogP contribution in [-0.2, 0) is 14.8 Å². The molecule has 0 saturated heterocycles. The van der Waals surface area contributed by atoms with Gasteiger partial charge in [0.2, 0.25) is 10.0 Å². The van der Waals surface area contributed by atoms with Gasteiger partial charge in [-0.05, 0) is 30.5 Å². The number of halogens is 1. The van der Waals surface area contributed by atoms with Gasteiger partial charge in [0.25, 0.3) is 0 Å². The highest BCUT2D eigenvalue weighted by Gasteiger charge is 2.17. The molecule has 0 bridgehead atoms. The number of ether oxygens (including phenoxy) is 1. The van der Waals surface area contributed by atoms with E-state index in [0.717, 1.165) is 0 Å². The van der Waals surface area contributed by atoms with Gasteiger partial charge in [-0.15, -0.1) is 0 Å². The average molecular weight is 321 g/mol. The fourth-order valence-corrected chi connectivity index (χ4v) is 3.14. The van der Waals surface area contributed by atoms with Crippen molar-refractivity contribution in [3.8, 4) is 0 Å². The summed E-state index contributed by atoms with van der Waals surface area (Å²) in [6, 6.07) is 4.32. The van der Waals surface area contributed by atoms with Crippen LogP contribution in [0.15, 0.2) is 23.1 Å². The molecule has 0 radical (unpaired) electrons. The van der Waals surface area contributed by atoms with Crippen molar-refractivity contribution in [3.05, 3.63) is 23.2 Å². The summed E-state index contributed by atoms with van der Waals surface area (Å²) in [4.78, 5) is 0.0384. The van der Waals surface area contributed by atoms with E-state index in [0.29, 0.717) is 37.8 Å². The van der Waals surface area contributed by atoms with Crippen LogP contribution in [0.5, 0.6) is 0 Å². The van der Waals surface area contributed by atoms with Gasteiger partial charge in [0.1, 0.15) is 4.90 Å². The van der Waals surface area contributed by atoms with E-state index in [1.807, 2.05) is 0 Å². The van der Waals surface area contributed by atoms with Crippen molar-refractivity contribution >= 4 is 27.3 Å². The second-order valence-corrected chi connectivity index (χ2v) is 7.05. The van der Waals surface area contributed by atoms with Gasteiger partial charge < -0.3 is 10.5 Å². The van der Waals surface area contributed by atoms with E-state index in [4.69, 9.17) is 22.1 Å². The fourth-order valence-electron chi connectivity index (χ4n) is 1.51. The van der Waals surface area contributed by atoms with Gasteiger partial charge in [0, 0.05) is 25.4 Å². The molecule has 1 rings (SSSR count). The number of nitrogens with one attached hydrogen (secondary N) is 1. The third-order valence-electron chi connectivity index (χ3n) is 2.45. The Morgan fingerprint density at radius 1 is 1.40 bits per heavy atom. The number of sulfonamides is 1. The lowest BCUT2D eigenvalue weighted by atomic mass is 10.2. The third-order valence-corrected chi connectivity index (χ3v) is 4.40. The number of benzene rings is 1. The predicted octanol–water partition coefficient (Wildman–Crippen LogP) is 2.26. The van der Waals surface area contributed by atoms with E-state index in [1.54, 1.807) is 0 Å². The Balaban J connectivity index is 2.46. The highest BCUT2D eigenvalue weighted by atomic mass is 35.5. The standard InChI is InChI=1S/C13H21ClN2O3S/c1-10(2)9-19-7-3-6-16-20(17,18)13-5-4-11(15)8-12(13)14/h4-5,8,10,16H,3,6-7,9,15H2,1-2H3. The highest BCUT2D eigenvalue weighted by molar-refractivity contribution is 7.89. The molecule has 3 N–H and O–H groups in total. The minimum Gasteiger partial charge on any atom is -0.399 e. The van der Waals surface area contributed by atoms with Gasteiger partial charge in [0.05, 0.1) is 5.02 Å². The summed E-state index contributed by atoms with van der Waals surface area (Å²) in [7, 11) is -3.60. The Morgan fingerprint density at radius 3 is 2.70 bits per heavy atom. The van der Waals surface area contributed by atoms with E-state index in [2.05, 4.69) is 18.6 Å². The van der Waals surface area contributed by atoms with Crippen LogP contribution in [0.4, 0.5) is 5.69 Å². The second-order valence-electron chi connectivity index (χ2n) is 4.91. The Kier molecular flexibility index (Phi) is 6.75. The molecule has 7 heteroatoms. The molecule has 1 aromatic rings. The van der Waals surface area contributed by atoms with E-state index in [1.165, 1.54) is 18.2 Å². The van der Waals surface area contributed by atoms with Crippen molar-refractivity contribution in [2.24, 2.45) is 5.92 Å². The van der Waals surface area contributed by atoms with Crippen molar-refractivity contribution in [3.63, 3.8) is 0 Å². The smallest absolute Gasteiger partial charge is 0.242 e. The maximum absolute atomic E-state index is 12.0. The zero-order valence-electron chi connectivity index (χ0n) is 11.7. The van der Waals surface area contributed by atoms with Gasteiger partial charge in [-0.1, -0.05) is 25.4 Å². The number of anilines is 1. The van der Waals surface area contributed by atoms with Gasteiger partial charge in [0.15, 0.2) is 0 Å². The fraction of sp³-hybridized carbons (Fsp3) is 0.538. The SMILES string of the molecule is CC(C)COCCCNS(=O)(=O)c1ccc(N)cc1Cl. The molecule has 0 aromatic heterocycles. The topological polar surface area (TPSA) is 81.4 Å². The molecule has 114 valence electrons. The lowest BCUT2D eigenvalue weighted by molar-refractivity contribution is 0.108. The van der Waals surface area contributed by atoms with Crippen LogP contribution in [0.25, 0.3) is 0 Å². The molecular formula is C13H21ClN2O3S. The van der Waals surface area contributed by atoms with Gasteiger partial charge in [-0.25, -0.2) is 13.1 Å². The molecule has 20 heavy (non-hydrogen) atoms. The number of nitrogens with two attached hydrogens (primary N) is 1. The molecule has 0 aliphatic carbocycles. The number of rotatable bonds is 8. The molecule has 0 spiro atoms. The third kappa shape index (κ3) is 5.66. The number of nitrogen functional groups attached to an aromatic ring is 1. The van der Waals surface area contributed by atoms with Crippen LogP contribution >= 0.6 is 11.6 Å². The van der Waals surface area contributed by atoms with Crippen LogP contribution in [0.2, 0.25) is 5.02 Å². The van der Waals surface area contributed by atoms with Gasteiger partial charge >= 0.3 is 0 Å². The first kappa shape index (κ1) is 17.2. The quantitative estimate of drug-likeness (QED) is 0.568. The summed E-state index contributed by atoms with van der Waals surface area (Å²) in [5.41, 5.74) is 5.96. The number of hydrogen-bond acceptors (Lipinski definition) is 4. The van der Waals surface area contributed by atoms with Crippen molar-refractivity contribution < 1.29 is 13.2 Å². The molecular weight excluding hydrogens is 300 g/mol. The zero-order chi connectivity index (χ0) is 15.2. The maximum atomic E-state index is 12.0. The summed E-state index contributed by atoms with van der Waals surface area (Å²) < 4.78 is 31.9. The Labute approximate surface area is 125 Å². The van der Waals surface area contributed by atoms with Crippen LogP contribution in [0.3, 0.4) is 0 Å². The van der Waals surface area contributed by atoms with Crippen molar-refractivity contribution in [2.45, 2.75) is 25.2 Å². The molecule has 0 aliphatic rings. The summed E-state index contributed by atoms with van der Waals surface area (Å²) in [5, 5.41) is 0.119. The number of hydrogen-bond donors (Lipinski definition) is 2. The zero-order valence-corrected chi connectivity index (χ0v) is 13.3. The normalized spacial score (nSPS) is 12.0. The molecule has 0 aliphatic heterocycles. The molecule has 0 unspecified atom stereocenters. The van der Waals surface area contributed by atoms with E-state index in [-0.39, 0.29) is 9.92 Å². The molecule has 0 heterocycles. The molecule has 0 atom stereocenters. The molecule has 1 aromatic carbocycles. The first-order valence-corrected chi connectivity index (χ1v) is 8.31. The maximum Gasteiger partial charge on any atom is 0.242 e. The summed E-state index contributed by atoms with van der Waals surface area (Å²) in [6.07, 6.45) is 0.610. The molecule has 0 saturated carbocycles. The first-order valence-electron chi connectivity index (χ1n) is 6.45. The van der Waals surface area contributed by atoms with Crippen LogP contribution in [0, 0.1) is 5.92 Å². The first-order chi connectivity index (χ1) is 9.33. The van der Waals surface area contributed by atoms with Gasteiger partial charge in [-0.3, -0.25) is 0 Å². The molecule has 5 nitrogen and oxygen atoms in total. The Morgan fingerprint density at radius 2 is 2.10 bits per heavy atom. The monoisotopic (exact) mass is 320 g/mol. The lowest BCUT2D eigenvalue weighted by Crippen LogP contribution is -2.26. The van der Waals surface area contributed by atoms with Crippen molar-refractivity contribution in [1.29, 1.82) is 0 Å². The largest absolute Gasteiger partial charge is 0.399 e. The lowest BCUT2D eigenvalue weighted by Gasteiger charge is -2.10. The predicted molar refractivity (Wildman–Crippen MR) is 81.3 cm³/mol. The molecule has 0 amide bonds. The average Bonchev–Trinajstić information content (AvgIpc) is 2.32. The van der Waals surface area contributed by atoms with Crippen molar-refractivity contribution in [1.82, 2.24) is 4.72 Å². The molecule has 0 fully saturated rings. The van der Waals surface area contributed by atoms with Crippen LogP contribution < -0.4 is 10.5 Å². The Bertz CT molecular complexity index is 532.